The number of halogens is 3. The standard InChI is InChI=1S/C25H24F3N5O7/c1-39-18-7-15-16(25(26,27)28)8-20(33-17(15)9-19(18)40-2)32-14-5-3-13(4-6-14)24(38)31-11-22(35)29-10-21(34)30-12-23(36)37/h3-9H,10-12H2,1-2H3,(H,29,35)(H,30,34)(H,31,38)(H,32,33)(H,36,37). The number of aliphatic carboxylic acids is 1. The largest absolute Gasteiger partial charge is 0.493 e. The van der Waals surface area contributed by atoms with Gasteiger partial charge in [-0.3, -0.25) is 19.2 Å². The first-order valence-electron chi connectivity index (χ1n) is 11.5. The molecule has 3 rings (SSSR count). The summed E-state index contributed by atoms with van der Waals surface area (Å²) in [6.45, 7) is -1.53. The van der Waals surface area contributed by atoms with Crippen molar-refractivity contribution in [1.29, 1.82) is 0 Å². The van der Waals surface area contributed by atoms with Crippen LogP contribution in [0.3, 0.4) is 0 Å². The van der Waals surface area contributed by atoms with Crippen LogP contribution in [0.25, 0.3) is 10.9 Å². The summed E-state index contributed by atoms with van der Waals surface area (Å²) in [5.41, 5.74) is -0.433. The summed E-state index contributed by atoms with van der Waals surface area (Å²) >= 11 is 0. The van der Waals surface area contributed by atoms with E-state index in [1.54, 1.807) is 0 Å². The molecular weight excluding hydrogens is 539 g/mol. The SMILES string of the molecule is COc1cc2nc(Nc3ccc(C(=O)NCC(=O)NCC(=O)NCC(=O)O)cc3)cc(C(F)(F)F)c2cc1OC. The van der Waals surface area contributed by atoms with Gasteiger partial charge in [-0.15, -0.1) is 0 Å². The van der Waals surface area contributed by atoms with Gasteiger partial charge in [0.05, 0.1) is 38.4 Å². The number of hydrogen-bond acceptors (Lipinski definition) is 8. The number of anilines is 2. The van der Waals surface area contributed by atoms with Crippen molar-refractivity contribution in [2.24, 2.45) is 0 Å². The molecule has 40 heavy (non-hydrogen) atoms. The van der Waals surface area contributed by atoms with E-state index >= 15 is 0 Å². The Balaban J connectivity index is 1.67. The van der Waals surface area contributed by atoms with Crippen molar-refractivity contribution in [2.45, 2.75) is 6.18 Å². The Kier molecular flexibility index (Phi) is 9.32. The Morgan fingerprint density at radius 3 is 2.00 bits per heavy atom. The second-order valence-electron chi connectivity index (χ2n) is 8.11. The average Bonchev–Trinajstić information content (AvgIpc) is 2.92. The van der Waals surface area contributed by atoms with Crippen LogP contribution >= 0.6 is 0 Å². The Bertz CT molecular complexity index is 1430. The molecular formula is C25H24F3N5O7. The zero-order valence-corrected chi connectivity index (χ0v) is 21.1. The van der Waals surface area contributed by atoms with Crippen molar-refractivity contribution < 1.29 is 46.9 Å². The lowest BCUT2D eigenvalue weighted by Gasteiger charge is -2.16. The Morgan fingerprint density at radius 1 is 0.850 bits per heavy atom. The molecule has 0 aliphatic heterocycles. The van der Waals surface area contributed by atoms with Crippen molar-refractivity contribution >= 4 is 46.1 Å². The number of hydrogen-bond donors (Lipinski definition) is 5. The molecule has 5 N–H and O–H groups in total. The molecule has 3 aromatic rings. The summed E-state index contributed by atoms with van der Waals surface area (Å²) in [5, 5.41) is 17.7. The third-order valence-electron chi connectivity index (χ3n) is 5.33. The second kappa shape index (κ2) is 12.6. The average molecular weight is 563 g/mol. The predicted molar refractivity (Wildman–Crippen MR) is 136 cm³/mol. The zero-order chi connectivity index (χ0) is 29.4. The maximum atomic E-state index is 13.8. The molecule has 0 aliphatic carbocycles. The summed E-state index contributed by atoms with van der Waals surface area (Å²) < 4.78 is 51.8. The highest BCUT2D eigenvalue weighted by atomic mass is 19.4. The lowest BCUT2D eigenvalue weighted by atomic mass is 10.1. The molecule has 3 amide bonds. The van der Waals surface area contributed by atoms with E-state index in [1.165, 1.54) is 50.6 Å². The zero-order valence-electron chi connectivity index (χ0n) is 21.1. The van der Waals surface area contributed by atoms with E-state index in [2.05, 4.69) is 26.3 Å². The highest BCUT2D eigenvalue weighted by Crippen LogP contribution is 2.40. The molecule has 0 unspecified atom stereocenters. The van der Waals surface area contributed by atoms with E-state index in [0.717, 1.165) is 6.07 Å². The van der Waals surface area contributed by atoms with Crippen molar-refractivity contribution in [3.8, 4) is 11.5 Å². The van der Waals surface area contributed by atoms with E-state index in [4.69, 9.17) is 14.6 Å². The molecule has 0 atom stereocenters. The molecule has 0 fully saturated rings. The van der Waals surface area contributed by atoms with Gasteiger partial charge in [-0.2, -0.15) is 13.2 Å². The smallest absolute Gasteiger partial charge is 0.417 e. The van der Waals surface area contributed by atoms with Crippen LogP contribution in [0.1, 0.15) is 15.9 Å². The number of carboxylic acid groups (broad SMARTS) is 1. The van der Waals surface area contributed by atoms with Gasteiger partial charge in [0, 0.05) is 22.7 Å². The number of aromatic nitrogens is 1. The quantitative estimate of drug-likeness (QED) is 0.235. The van der Waals surface area contributed by atoms with E-state index in [9.17, 15) is 32.3 Å². The molecule has 0 spiro atoms. The number of rotatable bonds is 11. The first-order valence-corrected chi connectivity index (χ1v) is 11.5. The Labute approximate surface area is 224 Å². The fraction of sp³-hybridized carbons (Fsp3) is 0.240. The molecule has 1 heterocycles. The topological polar surface area (TPSA) is 168 Å². The molecule has 2 aromatic carbocycles. The number of methoxy groups -OCH3 is 2. The highest BCUT2D eigenvalue weighted by molar-refractivity contribution is 5.97. The van der Waals surface area contributed by atoms with Crippen molar-refractivity contribution in [3.63, 3.8) is 0 Å². The van der Waals surface area contributed by atoms with Gasteiger partial charge in [0.15, 0.2) is 11.5 Å². The highest BCUT2D eigenvalue weighted by Gasteiger charge is 2.34. The summed E-state index contributed by atoms with van der Waals surface area (Å²) in [5.74, 6) is -3.04. The van der Waals surface area contributed by atoms with E-state index in [0.29, 0.717) is 5.69 Å². The van der Waals surface area contributed by atoms with Gasteiger partial charge in [-0.25, -0.2) is 4.98 Å². The lowest BCUT2D eigenvalue weighted by molar-refractivity contribution is -0.138. The molecule has 1 aromatic heterocycles. The van der Waals surface area contributed by atoms with Gasteiger partial charge < -0.3 is 35.8 Å². The number of nitrogens with one attached hydrogen (secondary N) is 4. The summed E-state index contributed by atoms with van der Waals surface area (Å²) in [4.78, 5) is 50.2. The number of ether oxygens (including phenoxy) is 2. The van der Waals surface area contributed by atoms with Gasteiger partial charge in [-0.1, -0.05) is 0 Å². The summed E-state index contributed by atoms with van der Waals surface area (Å²) in [6, 6.07) is 9.04. The number of pyridine rings is 1. The number of carbonyl (C=O) groups excluding carboxylic acids is 3. The van der Waals surface area contributed by atoms with E-state index in [-0.39, 0.29) is 33.8 Å². The van der Waals surface area contributed by atoms with Crippen molar-refractivity contribution in [3.05, 3.63) is 53.6 Å². The number of nitrogens with zero attached hydrogens (tertiary/aromatic N) is 1. The van der Waals surface area contributed by atoms with E-state index < -0.39 is 55.1 Å². The number of fused-ring (bicyclic) bond motifs is 1. The minimum atomic E-state index is -4.69. The van der Waals surface area contributed by atoms with Crippen LogP contribution in [0.5, 0.6) is 11.5 Å². The first kappa shape index (κ1) is 29.5. The van der Waals surface area contributed by atoms with Gasteiger partial charge in [0.1, 0.15) is 12.4 Å². The van der Waals surface area contributed by atoms with Crippen LogP contribution in [0.2, 0.25) is 0 Å². The molecule has 212 valence electrons. The normalized spacial score (nSPS) is 10.9. The van der Waals surface area contributed by atoms with Gasteiger partial charge in [0.2, 0.25) is 11.8 Å². The Hall–Kier alpha value is -5.08. The number of carboxylic acids is 1. The molecule has 0 aliphatic rings. The van der Waals surface area contributed by atoms with Crippen LogP contribution in [-0.4, -0.2) is 67.6 Å². The van der Waals surface area contributed by atoms with Crippen LogP contribution in [0.4, 0.5) is 24.7 Å². The molecule has 15 heteroatoms. The minimum absolute atomic E-state index is 0.0172. The van der Waals surface area contributed by atoms with Crippen LogP contribution in [-0.2, 0) is 20.6 Å². The monoisotopic (exact) mass is 563 g/mol. The predicted octanol–water partition coefficient (Wildman–Crippen LogP) is 2.06. The number of alkyl halides is 3. The Morgan fingerprint density at radius 2 is 1.43 bits per heavy atom. The second-order valence-corrected chi connectivity index (χ2v) is 8.11. The summed E-state index contributed by atoms with van der Waals surface area (Å²) in [6.07, 6.45) is -4.69. The first-order chi connectivity index (χ1) is 18.9. The fourth-order valence-electron chi connectivity index (χ4n) is 3.45. The maximum Gasteiger partial charge on any atom is 0.417 e. The van der Waals surface area contributed by atoms with Crippen LogP contribution in [0, 0.1) is 0 Å². The molecule has 0 saturated carbocycles. The van der Waals surface area contributed by atoms with Crippen molar-refractivity contribution in [2.75, 3.05) is 39.2 Å². The lowest BCUT2D eigenvalue weighted by Crippen LogP contribution is -2.42. The van der Waals surface area contributed by atoms with Gasteiger partial charge >= 0.3 is 12.1 Å². The van der Waals surface area contributed by atoms with Crippen LogP contribution in [0.15, 0.2) is 42.5 Å². The third kappa shape index (κ3) is 7.72. The van der Waals surface area contributed by atoms with Gasteiger partial charge in [0.25, 0.3) is 5.91 Å². The number of carbonyl (C=O) groups is 4. The fourth-order valence-corrected chi connectivity index (χ4v) is 3.45. The van der Waals surface area contributed by atoms with Gasteiger partial charge in [-0.05, 0) is 36.4 Å². The van der Waals surface area contributed by atoms with Crippen molar-refractivity contribution in [1.82, 2.24) is 20.9 Å². The molecule has 12 nitrogen and oxygen atoms in total. The minimum Gasteiger partial charge on any atom is -0.493 e. The summed E-state index contributed by atoms with van der Waals surface area (Å²) in [7, 11) is 2.66. The number of amides is 3. The molecule has 0 bridgehead atoms. The maximum absolute atomic E-state index is 13.8. The molecule has 0 radical (unpaired) electrons. The third-order valence-corrected chi connectivity index (χ3v) is 5.33. The van der Waals surface area contributed by atoms with Crippen LogP contribution < -0.4 is 30.7 Å². The van der Waals surface area contributed by atoms with E-state index in [1.807, 2.05) is 0 Å². The molecule has 0 saturated heterocycles. The number of benzene rings is 2.